The Bertz CT molecular complexity index is 1190. The molecule has 1 aliphatic rings. The van der Waals surface area contributed by atoms with E-state index >= 15 is 0 Å². The molecule has 1 aromatic heterocycles. The molecule has 0 bridgehead atoms. The highest BCUT2D eigenvalue weighted by Gasteiger charge is 2.33. The van der Waals surface area contributed by atoms with Crippen molar-refractivity contribution in [2.24, 2.45) is 0 Å². The van der Waals surface area contributed by atoms with Gasteiger partial charge in [0.2, 0.25) is 10.0 Å². The largest absolute Gasteiger partial charge is 0.423 e. The zero-order valence-electron chi connectivity index (χ0n) is 15.2. The summed E-state index contributed by atoms with van der Waals surface area (Å²) in [5.74, 6) is 0. The molecule has 7 nitrogen and oxygen atoms in total. The van der Waals surface area contributed by atoms with Crippen molar-refractivity contribution in [2.45, 2.75) is 11.1 Å². The monoisotopic (exact) mass is 461 g/mol. The van der Waals surface area contributed by atoms with E-state index in [9.17, 15) is 21.6 Å². The van der Waals surface area contributed by atoms with Crippen LogP contribution in [-0.4, -0.2) is 44.0 Å². The second-order valence-electron chi connectivity index (χ2n) is 6.48. The molecule has 160 valence electrons. The van der Waals surface area contributed by atoms with Crippen molar-refractivity contribution in [1.29, 1.82) is 0 Å². The van der Waals surface area contributed by atoms with Gasteiger partial charge in [-0.1, -0.05) is 11.6 Å². The lowest BCUT2D eigenvalue weighted by atomic mass is 10.2. The third kappa shape index (κ3) is 4.10. The van der Waals surface area contributed by atoms with Gasteiger partial charge in [0.1, 0.15) is 5.52 Å². The van der Waals surface area contributed by atoms with Gasteiger partial charge in [0.15, 0.2) is 5.58 Å². The Morgan fingerprint density at radius 1 is 1.10 bits per heavy atom. The summed E-state index contributed by atoms with van der Waals surface area (Å²) in [6, 6.07) is 7.42. The predicted octanol–water partition coefficient (Wildman–Crippen LogP) is 4.26. The summed E-state index contributed by atoms with van der Waals surface area (Å²) in [7, 11) is -3.72. The van der Waals surface area contributed by atoms with Crippen LogP contribution in [0.2, 0.25) is 5.02 Å². The molecule has 30 heavy (non-hydrogen) atoms. The third-order valence-electron chi connectivity index (χ3n) is 4.49. The zero-order valence-corrected chi connectivity index (χ0v) is 16.8. The number of benzene rings is 2. The van der Waals surface area contributed by atoms with Crippen molar-refractivity contribution in [3.05, 3.63) is 47.0 Å². The SMILES string of the molecule is O=S(=O)(c1ccc2oc(Nc3ccc(Cl)c(C(F)(F)F)c3)nc2c1)N1CCOCC1. The number of anilines is 2. The fourth-order valence-corrected chi connectivity index (χ4v) is 4.65. The Morgan fingerprint density at radius 3 is 2.53 bits per heavy atom. The third-order valence-corrected chi connectivity index (χ3v) is 6.71. The topological polar surface area (TPSA) is 84.7 Å². The van der Waals surface area contributed by atoms with Gasteiger partial charge in [0.25, 0.3) is 6.01 Å². The first-order valence-corrected chi connectivity index (χ1v) is 10.6. The number of oxazole rings is 1. The van der Waals surface area contributed by atoms with Crippen LogP contribution < -0.4 is 5.32 Å². The summed E-state index contributed by atoms with van der Waals surface area (Å²) in [6.45, 7) is 1.15. The first kappa shape index (κ1) is 20.9. The normalized spacial score (nSPS) is 16.1. The van der Waals surface area contributed by atoms with Gasteiger partial charge in [-0.05, 0) is 36.4 Å². The Kier molecular flexibility index (Phi) is 5.39. The number of aromatic nitrogens is 1. The number of fused-ring (bicyclic) bond motifs is 1. The maximum Gasteiger partial charge on any atom is 0.417 e. The van der Waals surface area contributed by atoms with Gasteiger partial charge in [-0.15, -0.1) is 0 Å². The van der Waals surface area contributed by atoms with Crippen LogP contribution in [0.25, 0.3) is 11.1 Å². The predicted molar refractivity (Wildman–Crippen MR) is 103 cm³/mol. The lowest BCUT2D eigenvalue weighted by Gasteiger charge is -2.25. The molecule has 2 heterocycles. The Balaban J connectivity index is 1.62. The van der Waals surface area contributed by atoms with Crippen LogP contribution in [0.3, 0.4) is 0 Å². The van der Waals surface area contributed by atoms with Gasteiger partial charge in [0.05, 0.1) is 28.7 Å². The molecule has 1 N–H and O–H groups in total. The number of hydrogen-bond donors (Lipinski definition) is 1. The number of rotatable bonds is 4. The van der Waals surface area contributed by atoms with E-state index in [-0.39, 0.29) is 40.8 Å². The first-order valence-electron chi connectivity index (χ1n) is 8.77. The maximum atomic E-state index is 13.0. The lowest BCUT2D eigenvalue weighted by molar-refractivity contribution is -0.137. The van der Waals surface area contributed by atoms with Crippen LogP contribution in [0.1, 0.15) is 5.56 Å². The van der Waals surface area contributed by atoms with Crippen molar-refractivity contribution in [1.82, 2.24) is 9.29 Å². The molecule has 1 saturated heterocycles. The smallest absolute Gasteiger partial charge is 0.417 e. The summed E-state index contributed by atoms with van der Waals surface area (Å²) in [5.41, 5.74) is -0.399. The molecule has 0 atom stereocenters. The number of morpholine rings is 1. The molecule has 1 aliphatic heterocycles. The average molecular weight is 462 g/mol. The molecule has 0 aliphatic carbocycles. The van der Waals surface area contributed by atoms with E-state index in [4.69, 9.17) is 20.8 Å². The fraction of sp³-hybridized carbons (Fsp3) is 0.278. The van der Waals surface area contributed by atoms with E-state index in [1.54, 1.807) is 0 Å². The van der Waals surface area contributed by atoms with Crippen LogP contribution in [0.5, 0.6) is 0 Å². The molecule has 0 saturated carbocycles. The minimum atomic E-state index is -4.61. The van der Waals surface area contributed by atoms with Crippen LogP contribution in [-0.2, 0) is 20.9 Å². The lowest BCUT2D eigenvalue weighted by Crippen LogP contribution is -2.40. The van der Waals surface area contributed by atoms with Crippen molar-refractivity contribution in [2.75, 3.05) is 31.6 Å². The van der Waals surface area contributed by atoms with Crippen LogP contribution in [0.4, 0.5) is 24.9 Å². The molecule has 1 fully saturated rings. The molecule has 0 amide bonds. The quantitative estimate of drug-likeness (QED) is 0.624. The summed E-state index contributed by atoms with van der Waals surface area (Å²) >= 11 is 5.62. The van der Waals surface area contributed by atoms with Gasteiger partial charge in [-0.25, -0.2) is 8.42 Å². The van der Waals surface area contributed by atoms with Gasteiger partial charge in [-0.3, -0.25) is 0 Å². The number of halogens is 4. The number of alkyl halides is 3. The van der Waals surface area contributed by atoms with Crippen LogP contribution in [0, 0.1) is 0 Å². The number of hydrogen-bond acceptors (Lipinski definition) is 6. The highest BCUT2D eigenvalue weighted by atomic mass is 35.5. The molecule has 0 unspecified atom stereocenters. The van der Waals surface area contributed by atoms with E-state index in [1.165, 1.54) is 28.6 Å². The molecule has 0 radical (unpaired) electrons. The van der Waals surface area contributed by atoms with E-state index in [1.807, 2.05) is 0 Å². The Hall–Kier alpha value is -2.34. The molecule has 0 spiro atoms. The van der Waals surface area contributed by atoms with E-state index in [0.29, 0.717) is 13.2 Å². The molecular formula is C18H15ClF3N3O4S. The molecule has 12 heteroatoms. The number of ether oxygens (including phenoxy) is 1. The van der Waals surface area contributed by atoms with Crippen LogP contribution in [0.15, 0.2) is 45.7 Å². The van der Waals surface area contributed by atoms with Gasteiger partial charge in [0, 0.05) is 18.8 Å². The van der Waals surface area contributed by atoms with Crippen molar-refractivity contribution >= 4 is 44.4 Å². The molecule has 4 rings (SSSR count). The second-order valence-corrected chi connectivity index (χ2v) is 8.83. The number of nitrogens with one attached hydrogen (secondary N) is 1. The summed E-state index contributed by atoms with van der Waals surface area (Å²) in [5, 5.41) is 2.21. The Morgan fingerprint density at radius 2 is 1.83 bits per heavy atom. The fourth-order valence-electron chi connectivity index (χ4n) is 3.00. The minimum absolute atomic E-state index is 0.0441. The summed E-state index contributed by atoms with van der Waals surface area (Å²) < 4.78 is 76.6. The molecule has 3 aromatic rings. The standard InChI is InChI=1S/C18H15ClF3N3O4S/c19-14-3-1-11(9-13(14)18(20,21)22)23-17-24-15-10-12(2-4-16(15)29-17)30(26,27)25-5-7-28-8-6-25/h1-4,9-10H,5-8H2,(H,23,24). The van der Waals surface area contributed by atoms with Gasteiger partial charge in [-0.2, -0.15) is 22.5 Å². The summed E-state index contributed by atoms with van der Waals surface area (Å²) in [6.07, 6.45) is -4.61. The molecule has 2 aromatic carbocycles. The minimum Gasteiger partial charge on any atom is -0.423 e. The van der Waals surface area contributed by atoms with Gasteiger partial charge < -0.3 is 14.5 Å². The number of nitrogens with zero attached hydrogens (tertiary/aromatic N) is 2. The van der Waals surface area contributed by atoms with Crippen molar-refractivity contribution in [3.63, 3.8) is 0 Å². The van der Waals surface area contributed by atoms with Crippen molar-refractivity contribution in [3.8, 4) is 0 Å². The molecular weight excluding hydrogens is 447 g/mol. The number of sulfonamides is 1. The highest BCUT2D eigenvalue weighted by molar-refractivity contribution is 7.89. The zero-order chi connectivity index (χ0) is 21.5. The first-order chi connectivity index (χ1) is 14.1. The maximum absolute atomic E-state index is 13.0. The van der Waals surface area contributed by atoms with E-state index in [0.717, 1.165) is 12.1 Å². The van der Waals surface area contributed by atoms with E-state index in [2.05, 4.69) is 10.3 Å². The Labute approximate surface area is 174 Å². The van der Waals surface area contributed by atoms with Gasteiger partial charge >= 0.3 is 6.18 Å². The van der Waals surface area contributed by atoms with Crippen molar-refractivity contribution < 1.29 is 30.7 Å². The average Bonchev–Trinajstić information content (AvgIpc) is 3.10. The summed E-state index contributed by atoms with van der Waals surface area (Å²) in [4.78, 5) is 4.19. The van der Waals surface area contributed by atoms with E-state index < -0.39 is 26.8 Å². The second kappa shape index (κ2) is 7.73. The highest BCUT2D eigenvalue weighted by Crippen LogP contribution is 2.37. The van der Waals surface area contributed by atoms with Crippen LogP contribution >= 0.6 is 11.6 Å².